The molecule has 5 heterocycles. The Morgan fingerprint density at radius 2 is 1.97 bits per heavy atom. The zero-order valence-electron chi connectivity index (χ0n) is 22.2. The van der Waals surface area contributed by atoms with E-state index in [2.05, 4.69) is 31.2 Å². The molecule has 1 saturated heterocycles. The number of anilines is 4. The molecule has 3 aromatic heterocycles. The van der Waals surface area contributed by atoms with E-state index in [0.717, 1.165) is 61.7 Å². The molecule has 0 spiro atoms. The van der Waals surface area contributed by atoms with Gasteiger partial charge in [-0.25, -0.2) is 9.78 Å². The summed E-state index contributed by atoms with van der Waals surface area (Å²) in [4.78, 5) is 47.0. The lowest BCUT2D eigenvalue weighted by Crippen LogP contribution is -2.35. The summed E-state index contributed by atoms with van der Waals surface area (Å²) in [7, 11) is 0. The van der Waals surface area contributed by atoms with Gasteiger partial charge in [0.1, 0.15) is 16.5 Å². The van der Waals surface area contributed by atoms with Crippen LogP contribution in [0.4, 0.5) is 22.7 Å². The third-order valence-corrected chi connectivity index (χ3v) is 8.20. The van der Waals surface area contributed by atoms with Gasteiger partial charge < -0.3 is 19.6 Å². The van der Waals surface area contributed by atoms with Gasteiger partial charge in [0.25, 0.3) is 0 Å². The number of fused-ring (bicyclic) bond motifs is 1. The number of nitrogens with zero attached hydrogens (tertiary/aromatic N) is 6. The summed E-state index contributed by atoms with van der Waals surface area (Å²) in [5, 5.41) is 12.8. The Bertz CT molecular complexity index is 1330. The van der Waals surface area contributed by atoms with Gasteiger partial charge in [0.2, 0.25) is 5.95 Å². The van der Waals surface area contributed by atoms with Crippen molar-refractivity contribution in [3.63, 3.8) is 0 Å². The topological polar surface area (TPSA) is 134 Å². The smallest absolute Gasteiger partial charge is 0.350 e. The van der Waals surface area contributed by atoms with E-state index in [1.165, 1.54) is 11.3 Å². The van der Waals surface area contributed by atoms with E-state index in [4.69, 9.17) is 19.8 Å². The number of rotatable bonds is 10. The second-order valence-electron chi connectivity index (χ2n) is 9.85. The molecule has 0 unspecified atom stereocenters. The van der Waals surface area contributed by atoms with Crippen LogP contribution in [0.1, 0.15) is 59.1 Å². The van der Waals surface area contributed by atoms with Crippen molar-refractivity contribution in [1.82, 2.24) is 19.9 Å². The molecule has 2 aliphatic rings. The van der Waals surface area contributed by atoms with Crippen LogP contribution < -0.4 is 15.1 Å². The van der Waals surface area contributed by atoms with Crippen molar-refractivity contribution >= 4 is 46.0 Å². The summed E-state index contributed by atoms with van der Waals surface area (Å²) in [6.07, 6.45) is 7.27. The minimum absolute atomic E-state index is 0.214. The predicted molar refractivity (Wildman–Crippen MR) is 149 cm³/mol. The summed E-state index contributed by atoms with van der Waals surface area (Å²) < 4.78 is 5.16. The van der Waals surface area contributed by atoms with Crippen LogP contribution in [-0.2, 0) is 22.5 Å². The first-order chi connectivity index (χ1) is 18.9. The van der Waals surface area contributed by atoms with Gasteiger partial charge in [0, 0.05) is 50.6 Å². The van der Waals surface area contributed by atoms with Gasteiger partial charge in [-0.05, 0) is 57.1 Å². The molecule has 3 aromatic rings. The largest absolute Gasteiger partial charge is 0.481 e. The maximum atomic E-state index is 12.3. The summed E-state index contributed by atoms with van der Waals surface area (Å²) >= 11 is 1.23. The van der Waals surface area contributed by atoms with Gasteiger partial charge in [-0.3, -0.25) is 15.1 Å². The molecular formula is C27H33N7O4S. The fourth-order valence-electron chi connectivity index (χ4n) is 5.17. The fraction of sp³-hybridized carbons (Fsp3) is 0.481. The molecule has 0 amide bonds. The van der Waals surface area contributed by atoms with E-state index in [-0.39, 0.29) is 12.4 Å². The van der Waals surface area contributed by atoms with E-state index in [1.807, 2.05) is 12.3 Å². The third kappa shape index (κ3) is 6.27. The average Bonchev–Trinajstić information content (AvgIpc) is 3.51. The van der Waals surface area contributed by atoms with Gasteiger partial charge in [-0.2, -0.15) is 9.97 Å². The van der Waals surface area contributed by atoms with Crippen molar-refractivity contribution in [1.29, 1.82) is 0 Å². The van der Waals surface area contributed by atoms with Crippen LogP contribution >= 0.6 is 11.3 Å². The van der Waals surface area contributed by atoms with Crippen LogP contribution in [0.5, 0.6) is 0 Å². The Kier molecular flexibility index (Phi) is 8.20. The second-order valence-corrected chi connectivity index (χ2v) is 10.8. The van der Waals surface area contributed by atoms with Crippen molar-refractivity contribution in [2.45, 2.75) is 52.5 Å². The van der Waals surface area contributed by atoms with Gasteiger partial charge in [0.05, 0.1) is 12.3 Å². The highest BCUT2D eigenvalue weighted by molar-refractivity contribution is 7.17. The first kappa shape index (κ1) is 26.8. The number of piperidine rings is 1. The lowest BCUT2D eigenvalue weighted by molar-refractivity contribution is -0.137. The number of carbonyl (C=O) groups is 2. The number of nitrogens with one attached hydrogen (secondary N) is 1. The molecule has 0 aromatic carbocycles. The maximum Gasteiger partial charge on any atom is 0.350 e. The normalized spacial score (nSPS) is 15.3. The number of aliphatic carboxylic acids is 1. The van der Waals surface area contributed by atoms with Crippen LogP contribution in [0.2, 0.25) is 0 Å². The average molecular weight is 552 g/mol. The molecule has 2 N–H and O–H groups in total. The molecule has 0 atom stereocenters. The summed E-state index contributed by atoms with van der Waals surface area (Å²) in [6, 6.07) is 3.99. The van der Waals surface area contributed by atoms with Gasteiger partial charge >= 0.3 is 11.9 Å². The number of carboxylic acids is 1. The summed E-state index contributed by atoms with van der Waals surface area (Å²) in [6.45, 7) is 7.02. The molecule has 0 aliphatic carbocycles. The molecule has 206 valence electrons. The Labute approximate surface area is 231 Å². The number of thiazole rings is 1. The molecule has 39 heavy (non-hydrogen) atoms. The Morgan fingerprint density at radius 1 is 1.18 bits per heavy atom. The number of carbonyl (C=O) groups excluding carboxylic acids is 1. The predicted octanol–water partition coefficient (Wildman–Crippen LogP) is 4.20. The van der Waals surface area contributed by atoms with Crippen molar-refractivity contribution in [3.8, 4) is 0 Å². The van der Waals surface area contributed by atoms with Crippen molar-refractivity contribution in [2.24, 2.45) is 5.92 Å². The lowest BCUT2D eigenvalue weighted by atomic mass is 9.92. The monoisotopic (exact) mass is 551 g/mol. The van der Waals surface area contributed by atoms with E-state index >= 15 is 0 Å². The SMILES string of the molecule is CCOC(=O)c1sc(Nc2nc(N3CCC(CCC(=O)O)CC3)c3c(n2)N(Cc2cccnc2)CC3)nc1C. The molecule has 0 bridgehead atoms. The van der Waals surface area contributed by atoms with E-state index in [9.17, 15) is 9.59 Å². The molecule has 0 saturated carbocycles. The zero-order valence-corrected chi connectivity index (χ0v) is 23.0. The number of hydrogen-bond donors (Lipinski definition) is 2. The standard InChI is InChI=1S/C27H33N7O4S/c1-3-38-25(37)22-17(2)29-27(39-22)32-26-30-23(33-12-8-18(9-13-33)6-7-21(35)36)20-10-14-34(24(20)31-26)16-19-5-4-11-28-15-19/h4-5,11,15,18H,3,6-10,12-14,16H2,1-2H3,(H,35,36)(H,29,30,31,32). The van der Waals surface area contributed by atoms with Crippen LogP contribution in [0.3, 0.4) is 0 Å². The number of esters is 1. The number of hydrogen-bond acceptors (Lipinski definition) is 11. The van der Waals surface area contributed by atoms with Gasteiger partial charge in [-0.1, -0.05) is 17.4 Å². The second kappa shape index (κ2) is 11.9. The van der Waals surface area contributed by atoms with E-state index in [1.54, 1.807) is 20.0 Å². The number of carboxylic acid groups (broad SMARTS) is 1. The summed E-state index contributed by atoms with van der Waals surface area (Å²) in [5.41, 5.74) is 2.83. The first-order valence-electron chi connectivity index (χ1n) is 13.3. The van der Waals surface area contributed by atoms with Crippen LogP contribution in [0.25, 0.3) is 0 Å². The van der Waals surface area contributed by atoms with Crippen molar-refractivity contribution in [2.75, 3.05) is 41.4 Å². The number of aromatic nitrogens is 4. The van der Waals surface area contributed by atoms with E-state index < -0.39 is 5.97 Å². The quantitative estimate of drug-likeness (QED) is 0.351. The van der Waals surface area contributed by atoms with Crippen molar-refractivity contribution in [3.05, 3.63) is 46.2 Å². The fourth-order valence-corrected chi connectivity index (χ4v) is 6.03. The minimum Gasteiger partial charge on any atom is -0.481 e. The molecule has 12 heteroatoms. The van der Waals surface area contributed by atoms with Gasteiger partial charge in [-0.15, -0.1) is 0 Å². The van der Waals surface area contributed by atoms with Crippen LogP contribution in [0.15, 0.2) is 24.5 Å². The number of pyridine rings is 1. The van der Waals surface area contributed by atoms with Gasteiger partial charge in [0.15, 0.2) is 5.13 Å². The Morgan fingerprint density at radius 3 is 2.69 bits per heavy atom. The zero-order chi connectivity index (χ0) is 27.4. The first-order valence-corrected chi connectivity index (χ1v) is 14.2. The minimum atomic E-state index is -0.737. The molecule has 1 fully saturated rings. The molecule has 5 rings (SSSR count). The Hall–Kier alpha value is -3.80. The Balaban J connectivity index is 1.42. The maximum absolute atomic E-state index is 12.3. The van der Waals surface area contributed by atoms with E-state index in [0.29, 0.717) is 47.1 Å². The van der Waals surface area contributed by atoms with Crippen LogP contribution in [-0.4, -0.2) is 63.2 Å². The highest BCUT2D eigenvalue weighted by atomic mass is 32.1. The van der Waals surface area contributed by atoms with Crippen LogP contribution in [0, 0.1) is 12.8 Å². The number of aryl methyl sites for hydroxylation is 1. The highest BCUT2D eigenvalue weighted by Crippen LogP contribution is 2.38. The molecule has 11 nitrogen and oxygen atoms in total. The lowest BCUT2D eigenvalue weighted by Gasteiger charge is -2.34. The number of ether oxygens (including phenoxy) is 1. The van der Waals surface area contributed by atoms with Crippen molar-refractivity contribution < 1.29 is 19.4 Å². The molecule has 2 aliphatic heterocycles. The molecule has 0 radical (unpaired) electrons. The summed E-state index contributed by atoms with van der Waals surface area (Å²) in [5.74, 6) is 1.51. The molecular weight excluding hydrogens is 518 g/mol. The highest BCUT2D eigenvalue weighted by Gasteiger charge is 2.30. The third-order valence-electron chi connectivity index (χ3n) is 7.15.